The van der Waals surface area contributed by atoms with Crippen LogP contribution in [0.1, 0.15) is 46.5 Å². The number of hydrogen-bond acceptors (Lipinski definition) is 2. The predicted molar refractivity (Wildman–Crippen MR) is 69.5 cm³/mol. The maximum Gasteiger partial charge on any atom is 0.325 e. The third kappa shape index (κ3) is 3.37. The summed E-state index contributed by atoms with van der Waals surface area (Å²) in [5.74, 6) is -1.00. The Morgan fingerprint density at radius 1 is 1.28 bits per heavy atom. The van der Waals surface area contributed by atoms with Gasteiger partial charge in [0.05, 0.1) is 0 Å². The van der Waals surface area contributed by atoms with Crippen LogP contribution in [0.3, 0.4) is 0 Å². The summed E-state index contributed by atoms with van der Waals surface area (Å²) in [5.41, 5.74) is 0.370. The van der Waals surface area contributed by atoms with Crippen molar-refractivity contribution in [2.24, 2.45) is 5.41 Å². The van der Waals surface area contributed by atoms with Crippen LogP contribution in [-0.2, 0) is 4.79 Å². The van der Waals surface area contributed by atoms with Gasteiger partial charge in [-0.1, -0.05) is 26.7 Å². The van der Waals surface area contributed by atoms with E-state index in [1.165, 1.54) is 6.92 Å². The largest absolute Gasteiger partial charge is 0.480 e. The standard InChI is InChI=1S/C13H24N2O3/c1-4-13(5-2)6-8-15(9-7-13)12(18)14-10(3)11(16)17/h10H,4-9H2,1-3H3,(H,14,18)(H,16,17)/t10-/m0/s1. The summed E-state index contributed by atoms with van der Waals surface area (Å²) in [4.78, 5) is 24.3. The molecule has 0 unspecified atom stereocenters. The summed E-state index contributed by atoms with van der Waals surface area (Å²) < 4.78 is 0. The Morgan fingerprint density at radius 3 is 2.17 bits per heavy atom. The number of amides is 2. The van der Waals surface area contributed by atoms with Crippen molar-refractivity contribution in [2.45, 2.75) is 52.5 Å². The molecule has 1 aliphatic heterocycles. The molecule has 1 atom stereocenters. The summed E-state index contributed by atoms with van der Waals surface area (Å²) in [7, 11) is 0. The smallest absolute Gasteiger partial charge is 0.325 e. The van der Waals surface area contributed by atoms with Gasteiger partial charge in [0.15, 0.2) is 0 Å². The Bertz CT molecular complexity index is 303. The summed E-state index contributed by atoms with van der Waals surface area (Å²) in [5, 5.41) is 11.3. The lowest BCUT2D eigenvalue weighted by molar-refractivity contribution is -0.138. The van der Waals surface area contributed by atoms with Crippen LogP contribution in [0, 0.1) is 5.41 Å². The Kier molecular flexibility index (Phi) is 4.99. The molecule has 1 fully saturated rings. The fraction of sp³-hybridized carbons (Fsp3) is 0.846. The van der Waals surface area contributed by atoms with Crippen LogP contribution >= 0.6 is 0 Å². The Labute approximate surface area is 109 Å². The lowest BCUT2D eigenvalue weighted by Gasteiger charge is -2.41. The number of carbonyl (C=O) groups excluding carboxylic acids is 1. The van der Waals surface area contributed by atoms with E-state index < -0.39 is 12.0 Å². The van der Waals surface area contributed by atoms with Crippen LogP contribution in [0.4, 0.5) is 4.79 Å². The van der Waals surface area contributed by atoms with E-state index in [4.69, 9.17) is 5.11 Å². The molecular formula is C13H24N2O3. The quantitative estimate of drug-likeness (QED) is 0.809. The highest BCUT2D eigenvalue weighted by Crippen LogP contribution is 2.37. The van der Waals surface area contributed by atoms with Gasteiger partial charge >= 0.3 is 12.0 Å². The zero-order valence-electron chi connectivity index (χ0n) is 11.5. The molecule has 0 radical (unpaired) electrons. The van der Waals surface area contributed by atoms with Crippen LogP contribution < -0.4 is 5.32 Å². The number of carboxylic acid groups (broad SMARTS) is 1. The van der Waals surface area contributed by atoms with Crippen molar-refractivity contribution in [1.29, 1.82) is 0 Å². The minimum atomic E-state index is -1.00. The first-order chi connectivity index (χ1) is 8.44. The number of carboxylic acids is 1. The number of piperidine rings is 1. The highest BCUT2D eigenvalue weighted by molar-refractivity contribution is 5.82. The Morgan fingerprint density at radius 2 is 1.78 bits per heavy atom. The van der Waals surface area contributed by atoms with E-state index in [0.717, 1.165) is 38.8 Å². The minimum absolute atomic E-state index is 0.259. The molecule has 0 aromatic carbocycles. The number of aliphatic carboxylic acids is 1. The van der Waals surface area contributed by atoms with Crippen LogP contribution in [0.15, 0.2) is 0 Å². The molecule has 0 spiro atoms. The van der Waals surface area contributed by atoms with Crippen molar-refractivity contribution in [2.75, 3.05) is 13.1 Å². The van der Waals surface area contributed by atoms with Gasteiger partial charge in [0.25, 0.3) is 0 Å². The molecule has 1 aliphatic rings. The predicted octanol–water partition coefficient (Wildman–Crippen LogP) is 2.07. The maximum atomic E-state index is 11.9. The average molecular weight is 256 g/mol. The molecule has 2 amide bonds. The monoisotopic (exact) mass is 256 g/mol. The zero-order chi connectivity index (χ0) is 13.8. The molecule has 0 bridgehead atoms. The van der Waals surface area contributed by atoms with Gasteiger partial charge in [0.2, 0.25) is 0 Å². The van der Waals surface area contributed by atoms with Gasteiger partial charge in [-0.05, 0) is 25.2 Å². The lowest BCUT2D eigenvalue weighted by atomic mass is 9.74. The fourth-order valence-electron chi connectivity index (χ4n) is 2.48. The first-order valence-electron chi connectivity index (χ1n) is 6.72. The average Bonchev–Trinajstić information content (AvgIpc) is 2.38. The molecule has 1 rings (SSSR count). The Hall–Kier alpha value is -1.26. The van der Waals surface area contributed by atoms with E-state index in [1.807, 2.05) is 0 Å². The number of urea groups is 1. The molecule has 104 valence electrons. The fourth-order valence-corrected chi connectivity index (χ4v) is 2.48. The minimum Gasteiger partial charge on any atom is -0.480 e. The summed E-state index contributed by atoms with van der Waals surface area (Å²) in [6.45, 7) is 7.32. The van der Waals surface area contributed by atoms with Gasteiger partial charge in [-0.25, -0.2) is 4.79 Å². The first-order valence-corrected chi connectivity index (χ1v) is 6.72. The SMILES string of the molecule is CCC1(CC)CCN(C(=O)N[C@@H](C)C(=O)O)CC1. The number of carbonyl (C=O) groups is 2. The highest BCUT2D eigenvalue weighted by Gasteiger charge is 2.33. The van der Waals surface area contributed by atoms with Gasteiger partial charge < -0.3 is 15.3 Å². The molecule has 0 saturated carbocycles. The zero-order valence-corrected chi connectivity index (χ0v) is 11.5. The molecule has 5 nitrogen and oxygen atoms in total. The Balaban J connectivity index is 2.48. The van der Waals surface area contributed by atoms with Crippen molar-refractivity contribution in [3.8, 4) is 0 Å². The van der Waals surface area contributed by atoms with Crippen LogP contribution in [0.5, 0.6) is 0 Å². The van der Waals surface area contributed by atoms with Crippen molar-refractivity contribution in [3.63, 3.8) is 0 Å². The van der Waals surface area contributed by atoms with Gasteiger partial charge in [0.1, 0.15) is 6.04 Å². The maximum absolute atomic E-state index is 11.9. The van der Waals surface area contributed by atoms with Crippen LogP contribution in [0.2, 0.25) is 0 Å². The molecule has 5 heteroatoms. The van der Waals surface area contributed by atoms with Crippen molar-refractivity contribution >= 4 is 12.0 Å². The molecule has 1 saturated heterocycles. The molecular weight excluding hydrogens is 232 g/mol. The van der Waals surface area contributed by atoms with Crippen molar-refractivity contribution < 1.29 is 14.7 Å². The van der Waals surface area contributed by atoms with E-state index >= 15 is 0 Å². The van der Waals surface area contributed by atoms with E-state index in [0.29, 0.717) is 5.41 Å². The second-order valence-corrected chi connectivity index (χ2v) is 5.20. The van der Waals surface area contributed by atoms with Gasteiger partial charge in [0, 0.05) is 13.1 Å². The van der Waals surface area contributed by atoms with Gasteiger partial charge in [-0.15, -0.1) is 0 Å². The molecule has 0 aliphatic carbocycles. The topological polar surface area (TPSA) is 69.6 Å². The first kappa shape index (κ1) is 14.8. The van der Waals surface area contributed by atoms with E-state index in [2.05, 4.69) is 19.2 Å². The second-order valence-electron chi connectivity index (χ2n) is 5.20. The summed E-state index contributed by atoms with van der Waals surface area (Å²) in [6, 6.07) is -1.09. The van der Waals surface area contributed by atoms with E-state index in [-0.39, 0.29) is 6.03 Å². The van der Waals surface area contributed by atoms with E-state index in [9.17, 15) is 9.59 Å². The van der Waals surface area contributed by atoms with Crippen molar-refractivity contribution in [3.05, 3.63) is 0 Å². The van der Waals surface area contributed by atoms with Gasteiger partial charge in [-0.2, -0.15) is 0 Å². The molecule has 18 heavy (non-hydrogen) atoms. The number of nitrogens with zero attached hydrogens (tertiary/aromatic N) is 1. The summed E-state index contributed by atoms with van der Waals surface area (Å²) >= 11 is 0. The van der Waals surface area contributed by atoms with Gasteiger partial charge in [-0.3, -0.25) is 4.79 Å². The molecule has 0 aromatic heterocycles. The molecule has 1 heterocycles. The van der Waals surface area contributed by atoms with Crippen LogP contribution in [-0.4, -0.2) is 41.1 Å². The highest BCUT2D eigenvalue weighted by atomic mass is 16.4. The normalized spacial score (nSPS) is 20.3. The molecule has 2 N–H and O–H groups in total. The third-order valence-electron chi connectivity index (χ3n) is 4.32. The number of nitrogens with one attached hydrogen (secondary N) is 1. The van der Waals surface area contributed by atoms with E-state index in [1.54, 1.807) is 4.90 Å². The molecule has 0 aromatic rings. The number of likely N-dealkylation sites (tertiary alicyclic amines) is 1. The summed E-state index contributed by atoms with van der Waals surface area (Å²) in [6.07, 6.45) is 4.30. The number of hydrogen-bond donors (Lipinski definition) is 2. The van der Waals surface area contributed by atoms with Crippen molar-refractivity contribution in [1.82, 2.24) is 10.2 Å². The third-order valence-corrected chi connectivity index (χ3v) is 4.32. The lowest BCUT2D eigenvalue weighted by Crippen LogP contribution is -2.50. The second kappa shape index (κ2) is 6.07. The van der Waals surface area contributed by atoms with Crippen LogP contribution in [0.25, 0.3) is 0 Å². The number of rotatable bonds is 4.